The molecule has 1 amide bonds. The summed E-state index contributed by atoms with van der Waals surface area (Å²) in [5.74, 6) is 0.165. The fourth-order valence-corrected chi connectivity index (χ4v) is 5.98. The molecule has 3 heterocycles. The van der Waals surface area contributed by atoms with Gasteiger partial charge in [0.25, 0.3) is 5.56 Å². The van der Waals surface area contributed by atoms with Crippen molar-refractivity contribution in [2.75, 3.05) is 18.9 Å². The topological polar surface area (TPSA) is 73.2 Å². The van der Waals surface area contributed by atoms with E-state index in [1.165, 1.54) is 28.6 Å². The number of rotatable bonds is 7. The first kappa shape index (κ1) is 19.7. The summed E-state index contributed by atoms with van der Waals surface area (Å²) < 4.78 is 7.18. The number of hydrogen-bond donors (Lipinski definition) is 1. The average molecular weight is 420 g/mol. The molecule has 6 nitrogen and oxygen atoms in total. The summed E-state index contributed by atoms with van der Waals surface area (Å²) in [7, 11) is 0. The van der Waals surface area contributed by atoms with Crippen LogP contribution < -0.4 is 10.9 Å². The number of hydrogen-bond acceptors (Lipinski definition) is 6. The lowest BCUT2D eigenvalue weighted by Crippen LogP contribution is -2.33. The van der Waals surface area contributed by atoms with Crippen molar-refractivity contribution in [2.45, 2.75) is 56.3 Å². The van der Waals surface area contributed by atoms with Crippen molar-refractivity contribution in [3.05, 3.63) is 33.4 Å². The number of nitrogens with one attached hydrogen (secondary N) is 1. The molecule has 0 radical (unpaired) electrons. The molecule has 4 rings (SSSR count). The van der Waals surface area contributed by atoms with Gasteiger partial charge < -0.3 is 10.1 Å². The van der Waals surface area contributed by atoms with E-state index >= 15 is 0 Å². The standard InChI is InChI=1S/C20H25N3O3S2/c1-2-9-23-19(25)17-14-7-3-4-8-15(14)28-18(17)22-20(23)27-12-16(24)21-11-13-6-5-10-26-13/h2,13H,1,3-12H2,(H,21,24). The zero-order valence-corrected chi connectivity index (χ0v) is 17.5. The Bertz CT molecular complexity index is 944. The van der Waals surface area contributed by atoms with Gasteiger partial charge in [0, 0.05) is 24.6 Å². The number of allylic oxidation sites excluding steroid dienone is 1. The maximum atomic E-state index is 13.2. The molecule has 1 atom stereocenters. The zero-order valence-electron chi connectivity index (χ0n) is 15.9. The lowest BCUT2D eigenvalue weighted by Gasteiger charge is -2.13. The van der Waals surface area contributed by atoms with Crippen molar-refractivity contribution < 1.29 is 9.53 Å². The van der Waals surface area contributed by atoms with E-state index in [2.05, 4.69) is 11.9 Å². The number of amides is 1. The monoisotopic (exact) mass is 419 g/mol. The normalized spacial score (nSPS) is 18.9. The number of carbonyl (C=O) groups is 1. The van der Waals surface area contributed by atoms with Crippen LogP contribution in [-0.4, -0.2) is 40.5 Å². The molecule has 1 unspecified atom stereocenters. The van der Waals surface area contributed by atoms with Gasteiger partial charge in [-0.2, -0.15) is 0 Å². The Labute approximate surface area is 172 Å². The van der Waals surface area contributed by atoms with Gasteiger partial charge in [0.05, 0.1) is 17.2 Å². The van der Waals surface area contributed by atoms with Crippen LogP contribution in [0.1, 0.15) is 36.1 Å². The van der Waals surface area contributed by atoms with Gasteiger partial charge in [-0.3, -0.25) is 14.2 Å². The fraction of sp³-hybridized carbons (Fsp3) is 0.550. The average Bonchev–Trinajstić information content (AvgIpc) is 3.34. The number of ether oxygens (including phenoxy) is 1. The number of thiophene rings is 1. The maximum absolute atomic E-state index is 13.2. The molecule has 1 N–H and O–H groups in total. The molecule has 0 aromatic carbocycles. The molecular weight excluding hydrogens is 394 g/mol. The number of fused-ring (bicyclic) bond motifs is 3. The molecule has 8 heteroatoms. The molecular formula is C20H25N3O3S2. The minimum absolute atomic E-state index is 0.00781. The number of thioether (sulfide) groups is 1. The van der Waals surface area contributed by atoms with Gasteiger partial charge in [-0.1, -0.05) is 17.8 Å². The molecule has 1 fully saturated rings. The molecule has 0 bridgehead atoms. The van der Waals surface area contributed by atoms with E-state index in [9.17, 15) is 9.59 Å². The van der Waals surface area contributed by atoms with Crippen LogP contribution in [-0.2, 0) is 28.9 Å². The lowest BCUT2D eigenvalue weighted by atomic mass is 9.97. The van der Waals surface area contributed by atoms with E-state index in [-0.39, 0.29) is 23.3 Å². The Kier molecular flexibility index (Phi) is 6.18. The Morgan fingerprint density at radius 3 is 3.04 bits per heavy atom. The number of aryl methyl sites for hydroxylation is 2. The van der Waals surface area contributed by atoms with Gasteiger partial charge in [-0.15, -0.1) is 17.9 Å². The van der Waals surface area contributed by atoms with Gasteiger partial charge in [0.1, 0.15) is 4.83 Å². The third-order valence-electron chi connectivity index (χ3n) is 5.23. The van der Waals surface area contributed by atoms with Crippen LogP contribution in [0, 0.1) is 0 Å². The van der Waals surface area contributed by atoms with Gasteiger partial charge in [-0.25, -0.2) is 4.98 Å². The third kappa shape index (κ3) is 4.04. The molecule has 1 saturated heterocycles. The molecule has 2 aromatic heterocycles. The Morgan fingerprint density at radius 2 is 2.25 bits per heavy atom. The summed E-state index contributed by atoms with van der Waals surface area (Å²) in [5, 5.41) is 4.28. The van der Waals surface area contributed by atoms with Gasteiger partial charge in [0.2, 0.25) is 5.91 Å². The van der Waals surface area contributed by atoms with Crippen LogP contribution >= 0.6 is 23.1 Å². The summed E-state index contributed by atoms with van der Waals surface area (Å²) in [5.41, 5.74) is 1.18. The zero-order chi connectivity index (χ0) is 19.5. The molecule has 1 aliphatic heterocycles. The summed E-state index contributed by atoms with van der Waals surface area (Å²) in [6.45, 7) is 5.49. The summed E-state index contributed by atoms with van der Waals surface area (Å²) >= 11 is 2.95. The second-order valence-electron chi connectivity index (χ2n) is 7.22. The predicted molar refractivity (Wildman–Crippen MR) is 113 cm³/mol. The smallest absolute Gasteiger partial charge is 0.263 e. The first-order valence-electron chi connectivity index (χ1n) is 9.84. The van der Waals surface area contributed by atoms with Crippen LogP contribution in [0.4, 0.5) is 0 Å². The molecule has 28 heavy (non-hydrogen) atoms. The van der Waals surface area contributed by atoms with E-state index in [1.807, 2.05) is 0 Å². The largest absolute Gasteiger partial charge is 0.376 e. The van der Waals surface area contributed by atoms with Crippen LogP contribution in [0.15, 0.2) is 22.6 Å². The van der Waals surface area contributed by atoms with Crippen LogP contribution in [0.5, 0.6) is 0 Å². The van der Waals surface area contributed by atoms with Crippen LogP contribution in [0.3, 0.4) is 0 Å². The molecule has 1 aliphatic carbocycles. The first-order valence-corrected chi connectivity index (χ1v) is 11.6. The highest BCUT2D eigenvalue weighted by Crippen LogP contribution is 2.34. The molecule has 0 spiro atoms. The number of carbonyl (C=O) groups excluding carboxylic acids is 1. The van der Waals surface area contributed by atoms with E-state index in [1.54, 1.807) is 22.0 Å². The summed E-state index contributed by atoms with van der Waals surface area (Å²) in [4.78, 5) is 32.3. The maximum Gasteiger partial charge on any atom is 0.263 e. The molecule has 2 aromatic rings. The quantitative estimate of drug-likeness (QED) is 0.424. The Balaban J connectivity index is 1.53. The summed E-state index contributed by atoms with van der Waals surface area (Å²) in [6, 6.07) is 0. The Morgan fingerprint density at radius 1 is 1.39 bits per heavy atom. The first-order chi connectivity index (χ1) is 13.7. The van der Waals surface area contributed by atoms with Crippen molar-refractivity contribution in [2.24, 2.45) is 0 Å². The second-order valence-corrected chi connectivity index (χ2v) is 9.24. The van der Waals surface area contributed by atoms with E-state index in [0.29, 0.717) is 18.2 Å². The van der Waals surface area contributed by atoms with Crippen molar-refractivity contribution in [1.82, 2.24) is 14.9 Å². The third-order valence-corrected chi connectivity index (χ3v) is 7.40. The van der Waals surface area contributed by atoms with Crippen molar-refractivity contribution in [1.29, 1.82) is 0 Å². The van der Waals surface area contributed by atoms with Gasteiger partial charge >= 0.3 is 0 Å². The molecule has 150 valence electrons. The van der Waals surface area contributed by atoms with E-state index in [4.69, 9.17) is 9.72 Å². The Hall–Kier alpha value is -1.64. The summed E-state index contributed by atoms with van der Waals surface area (Å²) in [6.07, 6.45) is 8.17. The molecule has 2 aliphatic rings. The minimum atomic E-state index is -0.0644. The van der Waals surface area contributed by atoms with Gasteiger partial charge in [0.15, 0.2) is 5.16 Å². The van der Waals surface area contributed by atoms with Crippen molar-refractivity contribution in [3.63, 3.8) is 0 Å². The van der Waals surface area contributed by atoms with Crippen LogP contribution in [0.25, 0.3) is 10.2 Å². The highest BCUT2D eigenvalue weighted by Gasteiger charge is 2.22. The highest BCUT2D eigenvalue weighted by molar-refractivity contribution is 7.99. The second kappa shape index (κ2) is 8.80. The highest BCUT2D eigenvalue weighted by atomic mass is 32.2. The van der Waals surface area contributed by atoms with Crippen molar-refractivity contribution >= 4 is 39.2 Å². The van der Waals surface area contributed by atoms with Crippen LogP contribution in [0.2, 0.25) is 0 Å². The number of aromatic nitrogens is 2. The molecule has 0 saturated carbocycles. The van der Waals surface area contributed by atoms with Gasteiger partial charge in [-0.05, 0) is 44.1 Å². The van der Waals surface area contributed by atoms with Crippen molar-refractivity contribution in [3.8, 4) is 0 Å². The minimum Gasteiger partial charge on any atom is -0.376 e. The fourth-order valence-electron chi connectivity index (χ4n) is 3.83. The van der Waals surface area contributed by atoms with E-state index in [0.717, 1.165) is 48.9 Å². The lowest BCUT2D eigenvalue weighted by molar-refractivity contribution is -0.119. The number of nitrogens with zero attached hydrogens (tertiary/aromatic N) is 2. The van der Waals surface area contributed by atoms with E-state index < -0.39 is 0 Å². The predicted octanol–water partition coefficient (Wildman–Crippen LogP) is 2.91. The SMILES string of the molecule is C=CCn1c(SCC(=O)NCC2CCCO2)nc2sc3c(c2c1=O)CCCC3.